The molecule has 26 heavy (non-hydrogen) atoms. The summed E-state index contributed by atoms with van der Waals surface area (Å²) in [6.45, 7) is 5.27. The van der Waals surface area contributed by atoms with Crippen molar-refractivity contribution in [2.45, 2.75) is 71.4 Å². The van der Waals surface area contributed by atoms with Crippen LogP contribution in [0.2, 0.25) is 0 Å². The summed E-state index contributed by atoms with van der Waals surface area (Å²) in [5.74, 6) is 2.63. The van der Waals surface area contributed by atoms with Crippen molar-refractivity contribution in [2.24, 2.45) is 45.4 Å². The van der Waals surface area contributed by atoms with Gasteiger partial charge in [0.05, 0.1) is 5.71 Å². The van der Waals surface area contributed by atoms with Crippen LogP contribution in [0.1, 0.15) is 65.2 Å². The van der Waals surface area contributed by atoms with E-state index < -0.39 is 6.17 Å². The van der Waals surface area contributed by atoms with E-state index >= 15 is 0 Å². The van der Waals surface area contributed by atoms with Gasteiger partial charge in [-0.05, 0) is 74.0 Å². The lowest BCUT2D eigenvalue weighted by molar-refractivity contribution is -0.138. The lowest BCUT2D eigenvalue weighted by Crippen LogP contribution is -2.55. The molecule has 0 aromatic rings. The average Bonchev–Trinajstić information content (AvgIpc) is 2.91. The van der Waals surface area contributed by atoms with E-state index in [1.807, 2.05) is 0 Å². The highest BCUT2D eigenvalue weighted by atomic mass is 19.1. The number of fused-ring (bicyclic) bond motifs is 5. The standard InChI is InChI=1S/C21H33FN2O2/c1-20-8-7-16-14(15(20)5-6-19(20)25)4-3-13-11-18(24-26-10-9-23)17(22)12-21(13,16)2/h13-17H,3-12,23H2,1-2H3/b24-18+/t13?,14-,15-,16-,17+,20-,21-/m0/s1. The van der Waals surface area contributed by atoms with Crippen molar-refractivity contribution in [3.05, 3.63) is 0 Å². The first kappa shape index (κ1) is 18.4. The molecule has 4 nitrogen and oxygen atoms in total. The molecule has 0 aromatic carbocycles. The summed E-state index contributed by atoms with van der Waals surface area (Å²) in [5.41, 5.74) is 5.94. The Labute approximate surface area is 156 Å². The lowest BCUT2D eigenvalue weighted by Gasteiger charge is -2.59. The van der Waals surface area contributed by atoms with Gasteiger partial charge in [-0.15, -0.1) is 0 Å². The minimum Gasteiger partial charge on any atom is -0.394 e. The molecule has 0 saturated heterocycles. The molecule has 146 valence electrons. The largest absolute Gasteiger partial charge is 0.394 e. The summed E-state index contributed by atoms with van der Waals surface area (Å²) >= 11 is 0. The van der Waals surface area contributed by atoms with E-state index in [0.717, 1.165) is 32.1 Å². The molecule has 0 radical (unpaired) electrons. The Morgan fingerprint density at radius 2 is 2.04 bits per heavy atom. The van der Waals surface area contributed by atoms with Crippen LogP contribution >= 0.6 is 0 Å². The molecule has 0 aromatic heterocycles. The predicted octanol–water partition coefficient (Wildman–Crippen LogP) is 3.88. The lowest BCUT2D eigenvalue weighted by atomic mass is 9.45. The van der Waals surface area contributed by atoms with E-state index in [2.05, 4.69) is 19.0 Å². The van der Waals surface area contributed by atoms with Crippen LogP contribution < -0.4 is 5.73 Å². The highest BCUT2D eigenvalue weighted by Crippen LogP contribution is 2.65. The Bertz CT molecular complexity index is 609. The second kappa shape index (κ2) is 6.57. The summed E-state index contributed by atoms with van der Waals surface area (Å²) < 4.78 is 15.0. The van der Waals surface area contributed by atoms with Crippen LogP contribution in [0.5, 0.6) is 0 Å². The molecule has 0 spiro atoms. The number of alkyl halides is 1. The van der Waals surface area contributed by atoms with Gasteiger partial charge in [0.15, 0.2) is 0 Å². The summed E-state index contributed by atoms with van der Waals surface area (Å²) in [7, 11) is 0. The first-order valence-corrected chi connectivity index (χ1v) is 10.5. The van der Waals surface area contributed by atoms with E-state index in [-0.39, 0.29) is 10.8 Å². The van der Waals surface area contributed by atoms with Crippen molar-refractivity contribution >= 4 is 11.5 Å². The summed E-state index contributed by atoms with van der Waals surface area (Å²) in [5, 5.41) is 4.07. The number of ketones is 1. The Kier molecular flexibility index (Phi) is 4.65. The summed E-state index contributed by atoms with van der Waals surface area (Å²) in [6.07, 6.45) is 6.46. The van der Waals surface area contributed by atoms with Crippen LogP contribution in [-0.2, 0) is 9.63 Å². The normalized spacial score (nSPS) is 49.5. The van der Waals surface area contributed by atoms with Gasteiger partial charge in [-0.2, -0.15) is 0 Å². The molecule has 7 atom stereocenters. The van der Waals surface area contributed by atoms with Crippen LogP contribution in [-0.4, -0.2) is 30.8 Å². The molecule has 4 aliphatic rings. The SMILES string of the molecule is C[C@]12C[C@@H](F)/C(=N/OCCN)CC1CC[C@@H]1[C@@H]2CC[C@]2(C)C(=O)CC[C@@H]12. The Morgan fingerprint density at radius 3 is 2.81 bits per heavy atom. The number of nitrogens with two attached hydrogens (primary N) is 1. The topological polar surface area (TPSA) is 64.7 Å². The molecular weight excluding hydrogens is 331 g/mol. The fourth-order valence-electron chi connectivity index (χ4n) is 7.12. The zero-order valence-corrected chi connectivity index (χ0v) is 16.2. The maximum absolute atomic E-state index is 15.0. The molecule has 2 N–H and O–H groups in total. The van der Waals surface area contributed by atoms with Gasteiger partial charge in [-0.3, -0.25) is 4.79 Å². The van der Waals surface area contributed by atoms with Crippen LogP contribution in [0.15, 0.2) is 5.16 Å². The molecule has 4 rings (SSSR count). The molecule has 0 amide bonds. The summed E-state index contributed by atoms with van der Waals surface area (Å²) in [4.78, 5) is 17.7. The fourth-order valence-corrected chi connectivity index (χ4v) is 7.12. The van der Waals surface area contributed by atoms with Gasteiger partial charge in [-0.1, -0.05) is 19.0 Å². The minimum absolute atomic E-state index is 0.0299. The maximum atomic E-state index is 15.0. The number of Topliss-reactive ketones (excluding diaryl/α,β-unsaturated/α-hetero) is 1. The zero-order valence-electron chi connectivity index (χ0n) is 16.2. The van der Waals surface area contributed by atoms with Crippen molar-refractivity contribution in [1.82, 2.24) is 0 Å². The van der Waals surface area contributed by atoms with Gasteiger partial charge >= 0.3 is 0 Å². The monoisotopic (exact) mass is 364 g/mol. The van der Waals surface area contributed by atoms with Crippen molar-refractivity contribution < 1.29 is 14.0 Å². The smallest absolute Gasteiger partial charge is 0.142 e. The van der Waals surface area contributed by atoms with Crippen LogP contribution in [0.3, 0.4) is 0 Å². The first-order chi connectivity index (χ1) is 12.4. The Balaban J connectivity index is 1.55. The van der Waals surface area contributed by atoms with Crippen molar-refractivity contribution in [3.63, 3.8) is 0 Å². The highest BCUT2D eigenvalue weighted by molar-refractivity contribution is 5.89. The number of carbonyl (C=O) groups is 1. The van der Waals surface area contributed by atoms with Gasteiger partial charge in [0, 0.05) is 18.4 Å². The van der Waals surface area contributed by atoms with E-state index in [1.54, 1.807) is 0 Å². The number of hydrogen-bond acceptors (Lipinski definition) is 4. The molecule has 0 aliphatic heterocycles. The molecule has 0 bridgehead atoms. The third-order valence-electron chi connectivity index (χ3n) is 8.60. The van der Waals surface area contributed by atoms with E-state index in [1.165, 1.54) is 6.42 Å². The molecule has 5 heteroatoms. The fraction of sp³-hybridized carbons (Fsp3) is 0.905. The van der Waals surface area contributed by atoms with Gasteiger partial charge in [0.25, 0.3) is 0 Å². The number of nitrogens with zero attached hydrogens (tertiary/aromatic N) is 1. The quantitative estimate of drug-likeness (QED) is 0.610. The first-order valence-electron chi connectivity index (χ1n) is 10.5. The van der Waals surface area contributed by atoms with Gasteiger partial charge in [0.1, 0.15) is 18.6 Å². The minimum atomic E-state index is -1.01. The second-order valence-corrected chi connectivity index (χ2v) is 9.66. The van der Waals surface area contributed by atoms with Gasteiger partial charge in [-0.25, -0.2) is 4.39 Å². The van der Waals surface area contributed by atoms with Crippen molar-refractivity contribution in [1.29, 1.82) is 0 Å². The maximum Gasteiger partial charge on any atom is 0.142 e. The summed E-state index contributed by atoms with van der Waals surface area (Å²) in [6, 6.07) is 0. The Morgan fingerprint density at radius 1 is 1.23 bits per heavy atom. The number of hydrogen-bond donors (Lipinski definition) is 1. The van der Waals surface area contributed by atoms with Gasteiger partial charge in [0.2, 0.25) is 0 Å². The molecule has 1 unspecified atom stereocenters. The molecule has 4 fully saturated rings. The highest BCUT2D eigenvalue weighted by Gasteiger charge is 2.61. The number of oxime groups is 1. The molecular formula is C21H33FN2O2. The van der Waals surface area contributed by atoms with Crippen LogP contribution in [0.25, 0.3) is 0 Å². The van der Waals surface area contributed by atoms with Crippen LogP contribution in [0, 0.1) is 34.5 Å². The third kappa shape index (κ3) is 2.64. The van der Waals surface area contributed by atoms with Crippen LogP contribution in [0.4, 0.5) is 4.39 Å². The Hall–Kier alpha value is -0.970. The van der Waals surface area contributed by atoms with E-state index in [0.29, 0.717) is 61.2 Å². The predicted molar refractivity (Wildman–Crippen MR) is 99.5 cm³/mol. The zero-order chi connectivity index (χ0) is 18.5. The third-order valence-corrected chi connectivity index (χ3v) is 8.60. The van der Waals surface area contributed by atoms with Crippen molar-refractivity contribution in [3.8, 4) is 0 Å². The van der Waals surface area contributed by atoms with E-state index in [9.17, 15) is 9.18 Å². The molecule has 0 heterocycles. The van der Waals surface area contributed by atoms with Crippen molar-refractivity contribution in [2.75, 3.05) is 13.2 Å². The second-order valence-electron chi connectivity index (χ2n) is 9.66. The number of halogens is 1. The molecule has 4 saturated carbocycles. The molecule has 4 aliphatic carbocycles. The number of rotatable bonds is 3. The van der Waals surface area contributed by atoms with E-state index in [4.69, 9.17) is 10.6 Å². The average molecular weight is 365 g/mol. The van der Waals surface area contributed by atoms with Gasteiger partial charge < -0.3 is 10.6 Å². The number of carbonyl (C=O) groups excluding carboxylic acids is 1.